The van der Waals surface area contributed by atoms with Gasteiger partial charge >= 0.3 is 0 Å². The zero-order valence-electron chi connectivity index (χ0n) is 9.86. The van der Waals surface area contributed by atoms with E-state index in [9.17, 15) is 18.5 Å². The predicted molar refractivity (Wildman–Crippen MR) is 73.2 cm³/mol. The monoisotopic (exact) mass is 313 g/mol. The Hall–Kier alpha value is -2.19. The lowest BCUT2D eigenvalue weighted by molar-refractivity contribution is -0.385. The molecular weight excluding hydrogens is 306 g/mol. The maximum absolute atomic E-state index is 12.1. The van der Waals surface area contributed by atoms with Crippen molar-refractivity contribution in [2.45, 2.75) is 4.90 Å². The highest BCUT2D eigenvalue weighted by Gasteiger charge is 2.18. The summed E-state index contributed by atoms with van der Waals surface area (Å²) in [4.78, 5) is 13.5. The third-order valence-electron chi connectivity index (χ3n) is 2.30. The van der Waals surface area contributed by atoms with Crippen LogP contribution in [0.15, 0.2) is 47.5 Å². The Morgan fingerprint density at radius 1 is 1.25 bits per heavy atom. The van der Waals surface area contributed by atoms with Crippen molar-refractivity contribution in [2.24, 2.45) is 0 Å². The highest BCUT2D eigenvalue weighted by atomic mass is 35.5. The van der Waals surface area contributed by atoms with Gasteiger partial charge in [0.1, 0.15) is 5.82 Å². The van der Waals surface area contributed by atoms with Gasteiger partial charge in [0.25, 0.3) is 15.7 Å². The maximum atomic E-state index is 12.1. The van der Waals surface area contributed by atoms with Crippen LogP contribution in [0.1, 0.15) is 0 Å². The molecule has 0 saturated heterocycles. The second-order valence-electron chi connectivity index (χ2n) is 3.72. The van der Waals surface area contributed by atoms with Crippen molar-refractivity contribution < 1.29 is 13.3 Å². The molecule has 2 rings (SSSR count). The van der Waals surface area contributed by atoms with Crippen LogP contribution in [0.3, 0.4) is 0 Å². The Morgan fingerprint density at radius 2 is 2.00 bits per heavy atom. The summed E-state index contributed by atoms with van der Waals surface area (Å²) in [5.74, 6) is 0.0315. The zero-order chi connectivity index (χ0) is 14.8. The van der Waals surface area contributed by atoms with Gasteiger partial charge in [-0.1, -0.05) is 17.7 Å². The zero-order valence-corrected chi connectivity index (χ0v) is 11.4. The van der Waals surface area contributed by atoms with Gasteiger partial charge in [-0.15, -0.1) is 0 Å². The molecule has 0 saturated carbocycles. The van der Waals surface area contributed by atoms with Crippen LogP contribution in [-0.2, 0) is 10.0 Å². The number of benzene rings is 1. The van der Waals surface area contributed by atoms with Gasteiger partial charge in [0, 0.05) is 29.4 Å². The number of nitro groups is 1. The van der Waals surface area contributed by atoms with Crippen LogP contribution in [-0.4, -0.2) is 18.3 Å². The average Bonchev–Trinajstić information content (AvgIpc) is 2.38. The first-order chi connectivity index (χ1) is 9.38. The number of hydrogen-bond donors (Lipinski definition) is 1. The van der Waals surface area contributed by atoms with E-state index in [1.54, 1.807) is 0 Å². The predicted octanol–water partition coefficient (Wildman–Crippen LogP) is 2.44. The average molecular weight is 314 g/mol. The van der Waals surface area contributed by atoms with Gasteiger partial charge in [0.2, 0.25) is 0 Å². The van der Waals surface area contributed by atoms with E-state index in [0.717, 1.165) is 6.07 Å². The van der Waals surface area contributed by atoms with Gasteiger partial charge in [0.15, 0.2) is 0 Å². The van der Waals surface area contributed by atoms with E-state index in [2.05, 4.69) is 9.71 Å². The summed E-state index contributed by atoms with van der Waals surface area (Å²) in [6.45, 7) is 0. The van der Waals surface area contributed by atoms with Crippen LogP contribution in [0.2, 0.25) is 5.02 Å². The Bertz CT molecular complexity index is 764. The van der Waals surface area contributed by atoms with Crippen LogP contribution in [0, 0.1) is 10.1 Å². The van der Waals surface area contributed by atoms with E-state index in [1.807, 2.05) is 0 Å². The van der Waals surface area contributed by atoms with Gasteiger partial charge in [0.05, 0.1) is 9.82 Å². The van der Waals surface area contributed by atoms with Gasteiger partial charge in [-0.2, -0.15) is 0 Å². The molecule has 0 bridgehead atoms. The van der Waals surface area contributed by atoms with Gasteiger partial charge in [-0.3, -0.25) is 14.8 Å². The summed E-state index contributed by atoms with van der Waals surface area (Å²) >= 11 is 5.72. The molecule has 0 aliphatic heterocycles. The quantitative estimate of drug-likeness (QED) is 0.690. The van der Waals surface area contributed by atoms with Crippen molar-refractivity contribution >= 4 is 33.1 Å². The van der Waals surface area contributed by atoms with Gasteiger partial charge < -0.3 is 0 Å². The van der Waals surface area contributed by atoms with Crippen LogP contribution in [0.5, 0.6) is 0 Å². The number of nitrogens with zero attached hydrogens (tertiary/aromatic N) is 2. The molecule has 0 unspecified atom stereocenters. The van der Waals surface area contributed by atoms with Crippen molar-refractivity contribution in [1.29, 1.82) is 0 Å². The SMILES string of the molecule is O=[N+]([O-])c1cccc(S(=O)(=O)Nc2cc(Cl)ccn2)c1. The fourth-order valence-electron chi connectivity index (χ4n) is 1.42. The fraction of sp³-hybridized carbons (Fsp3) is 0. The molecule has 0 spiro atoms. The molecule has 0 amide bonds. The van der Waals surface area contributed by atoms with Gasteiger partial charge in [-0.25, -0.2) is 13.4 Å². The molecule has 2 aromatic rings. The summed E-state index contributed by atoms with van der Waals surface area (Å²) in [5, 5.41) is 11.0. The molecule has 0 fully saturated rings. The van der Waals surface area contributed by atoms with E-state index in [-0.39, 0.29) is 16.4 Å². The van der Waals surface area contributed by atoms with E-state index < -0.39 is 14.9 Å². The lowest BCUT2D eigenvalue weighted by Gasteiger charge is -2.07. The van der Waals surface area contributed by atoms with Crippen molar-refractivity contribution in [2.75, 3.05) is 4.72 Å². The third-order valence-corrected chi connectivity index (χ3v) is 3.89. The number of hydrogen-bond acceptors (Lipinski definition) is 5. The summed E-state index contributed by atoms with van der Waals surface area (Å²) in [6.07, 6.45) is 1.34. The number of nitro benzene ring substituents is 1. The molecule has 1 aromatic heterocycles. The van der Waals surface area contributed by atoms with Crippen LogP contribution in [0.4, 0.5) is 11.5 Å². The highest BCUT2D eigenvalue weighted by Crippen LogP contribution is 2.20. The summed E-state index contributed by atoms with van der Waals surface area (Å²) in [6, 6.07) is 7.53. The first kappa shape index (κ1) is 14.2. The normalized spacial score (nSPS) is 11.1. The first-order valence-electron chi connectivity index (χ1n) is 5.27. The van der Waals surface area contributed by atoms with E-state index >= 15 is 0 Å². The minimum Gasteiger partial charge on any atom is -0.263 e. The Balaban J connectivity index is 2.35. The lowest BCUT2D eigenvalue weighted by Crippen LogP contribution is -2.14. The number of pyridine rings is 1. The molecule has 20 heavy (non-hydrogen) atoms. The Kier molecular flexibility index (Phi) is 3.86. The third kappa shape index (κ3) is 3.22. The number of sulfonamides is 1. The number of nitrogens with one attached hydrogen (secondary N) is 1. The summed E-state index contributed by atoms with van der Waals surface area (Å²) < 4.78 is 26.3. The van der Waals surface area contributed by atoms with Crippen molar-refractivity contribution in [3.05, 3.63) is 57.7 Å². The molecule has 9 heteroatoms. The molecule has 1 aromatic carbocycles. The maximum Gasteiger partial charge on any atom is 0.270 e. The standard InChI is InChI=1S/C11H8ClN3O4S/c12-8-4-5-13-11(6-8)14-20(18,19)10-3-1-2-9(7-10)15(16)17/h1-7H,(H,13,14). The smallest absolute Gasteiger partial charge is 0.263 e. The largest absolute Gasteiger partial charge is 0.270 e. The number of anilines is 1. The molecule has 0 aliphatic rings. The van der Waals surface area contributed by atoms with Crippen molar-refractivity contribution in [1.82, 2.24) is 4.98 Å². The second kappa shape index (κ2) is 5.43. The summed E-state index contributed by atoms with van der Waals surface area (Å²) in [5.41, 5.74) is -0.313. The van der Waals surface area contributed by atoms with Crippen LogP contribution in [0.25, 0.3) is 0 Å². The highest BCUT2D eigenvalue weighted by molar-refractivity contribution is 7.92. The molecule has 7 nitrogen and oxygen atoms in total. The number of halogens is 1. The molecule has 1 heterocycles. The van der Waals surface area contributed by atoms with E-state index in [1.165, 1.54) is 36.5 Å². The number of rotatable bonds is 4. The van der Waals surface area contributed by atoms with Crippen LogP contribution >= 0.6 is 11.6 Å². The minimum atomic E-state index is -3.96. The molecule has 104 valence electrons. The lowest BCUT2D eigenvalue weighted by atomic mass is 10.3. The van der Waals surface area contributed by atoms with Crippen LogP contribution < -0.4 is 4.72 Å². The second-order valence-corrected chi connectivity index (χ2v) is 5.84. The molecule has 1 N–H and O–H groups in total. The molecule has 0 radical (unpaired) electrons. The summed E-state index contributed by atoms with van der Waals surface area (Å²) in [7, 11) is -3.96. The molecule has 0 aliphatic carbocycles. The van der Waals surface area contributed by atoms with Crippen molar-refractivity contribution in [3.63, 3.8) is 0 Å². The number of aromatic nitrogens is 1. The molecular formula is C11H8ClN3O4S. The van der Waals surface area contributed by atoms with Gasteiger partial charge in [-0.05, 0) is 12.1 Å². The Labute approximate surface area is 119 Å². The Morgan fingerprint density at radius 3 is 2.65 bits per heavy atom. The molecule has 0 atom stereocenters. The fourth-order valence-corrected chi connectivity index (χ4v) is 2.62. The topological polar surface area (TPSA) is 102 Å². The van der Waals surface area contributed by atoms with E-state index in [0.29, 0.717) is 5.02 Å². The number of non-ortho nitro benzene ring substituents is 1. The van der Waals surface area contributed by atoms with E-state index in [4.69, 9.17) is 11.6 Å². The van der Waals surface area contributed by atoms with Crippen molar-refractivity contribution in [3.8, 4) is 0 Å². The first-order valence-corrected chi connectivity index (χ1v) is 7.13. The minimum absolute atomic E-state index is 0.0315.